The van der Waals surface area contributed by atoms with E-state index in [2.05, 4.69) is 33.7 Å². The molecule has 0 aliphatic carbocycles. The Morgan fingerprint density at radius 2 is 2.04 bits per heavy atom. The summed E-state index contributed by atoms with van der Waals surface area (Å²) in [6.45, 7) is 6.69. The molecule has 1 saturated heterocycles. The number of carbonyl (C=O) groups is 1. The molecule has 0 bridgehead atoms. The summed E-state index contributed by atoms with van der Waals surface area (Å²) in [6, 6.07) is 2.63. The number of carbonyl (C=O) groups excluding carboxylic acids is 1. The molecule has 1 fully saturated rings. The second-order valence-electron chi connectivity index (χ2n) is 6.75. The van der Waals surface area contributed by atoms with Crippen LogP contribution in [0, 0.1) is 0 Å². The number of aryl methyl sites for hydroxylation is 1. The molecule has 6 heteroatoms. The van der Waals surface area contributed by atoms with Gasteiger partial charge in [-0.1, -0.05) is 0 Å². The lowest BCUT2D eigenvalue weighted by molar-refractivity contribution is 0.0581. The molecule has 24 heavy (non-hydrogen) atoms. The van der Waals surface area contributed by atoms with Gasteiger partial charge in [0.1, 0.15) is 0 Å². The molecule has 0 aromatic carbocycles. The van der Waals surface area contributed by atoms with Crippen molar-refractivity contribution in [3.8, 4) is 0 Å². The number of hydrogen-bond acceptors (Lipinski definition) is 4. The van der Waals surface area contributed by atoms with Crippen LogP contribution in [0.5, 0.6) is 0 Å². The lowest BCUT2D eigenvalue weighted by Crippen LogP contribution is -2.49. The molecular formula is C18H24N4OS. The minimum Gasteiger partial charge on any atom is -0.336 e. The van der Waals surface area contributed by atoms with Gasteiger partial charge in [-0.25, -0.2) is 0 Å². The average Bonchev–Trinajstić information content (AvgIpc) is 3.30. The summed E-state index contributed by atoms with van der Waals surface area (Å²) in [7, 11) is 0. The van der Waals surface area contributed by atoms with E-state index in [0.29, 0.717) is 6.04 Å². The molecule has 2 aromatic rings. The molecule has 0 N–H and O–H groups in total. The summed E-state index contributed by atoms with van der Waals surface area (Å²) in [6.07, 6.45) is 5.10. The molecule has 2 aromatic heterocycles. The predicted octanol–water partition coefficient (Wildman–Crippen LogP) is 2.80. The SMILES string of the molecule is C[C@H](c1ccsc1)N1CCN(C(=O)c2cnn3c2CCCC3)CC1. The number of thiophene rings is 1. The quantitative estimate of drug-likeness (QED) is 0.860. The van der Waals surface area contributed by atoms with Gasteiger partial charge < -0.3 is 4.90 Å². The first kappa shape index (κ1) is 15.8. The van der Waals surface area contributed by atoms with E-state index in [-0.39, 0.29) is 5.91 Å². The fourth-order valence-electron chi connectivity index (χ4n) is 3.81. The number of aromatic nitrogens is 2. The standard InChI is InChI=1S/C18H24N4OS/c1-14(15-5-11-24-13-15)20-7-9-21(10-8-20)18(23)16-12-19-22-6-3-2-4-17(16)22/h5,11-14H,2-4,6-10H2,1H3/t14-/m1/s1. The lowest BCUT2D eigenvalue weighted by Gasteiger charge is -2.38. The third-order valence-corrected chi connectivity index (χ3v) is 6.09. The van der Waals surface area contributed by atoms with Gasteiger partial charge in [0.25, 0.3) is 5.91 Å². The minimum absolute atomic E-state index is 0.168. The van der Waals surface area contributed by atoms with Crippen molar-refractivity contribution in [1.82, 2.24) is 19.6 Å². The van der Waals surface area contributed by atoms with Gasteiger partial charge in [-0.2, -0.15) is 16.4 Å². The highest BCUT2D eigenvalue weighted by molar-refractivity contribution is 7.07. The van der Waals surface area contributed by atoms with Gasteiger partial charge in [-0.15, -0.1) is 0 Å². The Morgan fingerprint density at radius 3 is 2.79 bits per heavy atom. The van der Waals surface area contributed by atoms with Crippen LogP contribution >= 0.6 is 11.3 Å². The number of piperazine rings is 1. The van der Waals surface area contributed by atoms with Gasteiger partial charge in [0.05, 0.1) is 17.5 Å². The first-order valence-electron chi connectivity index (χ1n) is 8.84. The van der Waals surface area contributed by atoms with E-state index in [1.807, 2.05) is 9.58 Å². The summed E-state index contributed by atoms with van der Waals surface area (Å²) >= 11 is 1.75. The maximum absolute atomic E-state index is 12.9. The highest BCUT2D eigenvalue weighted by Gasteiger charge is 2.28. The fraction of sp³-hybridized carbons (Fsp3) is 0.556. The van der Waals surface area contributed by atoms with E-state index >= 15 is 0 Å². The molecule has 0 radical (unpaired) electrons. The zero-order valence-electron chi connectivity index (χ0n) is 14.1. The van der Waals surface area contributed by atoms with Crippen LogP contribution in [0.2, 0.25) is 0 Å². The Labute approximate surface area is 146 Å². The molecule has 2 aliphatic rings. The first-order valence-corrected chi connectivity index (χ1v) is 9.78. The summed E-state index contributed by atoms with van der Waals surface area (Å²) in [5, 5.41) is 8.77. The van der Waals surface area contributed by atoms with E-state index in [1.165, 1.54) is 12.0 Å². The Balaban J connectivity index is 1.41. The van der Waals surface area contributed by atoms with Crippen molar-refractivity contribution in [2.24, 2.45) is 0 Å². The summed E-state index contributed by atoms with van der Waals surface area (Å²) in [5.74, 6) is 0.168. The van der Waals surface area contributed by atoms with Gasteiger partial charge in [-0.3, -0.25) is 14.4 Å². The van der Waals surface area contributed by atoms with E-state index < -0.39 is 0 Å². The van der Waals surface area contributed by atoms with Gasteiger partial charge >= 0.3 is 0 Å². The van der Waals surface area contributed by atoms with Crippen LogP contribution in [0.4, 0.5) is 0 Å². The topological polar surface area (TPSA) is 41.4 Å². The number of amides is 1. The molecule has 0 spiro atoms. The van der Waals surface area contributed by atoms with Crippen molar-refractivity contribution in [2.75, 3.05) is 26.2 Å². The zero-order valence-corrected chi connectivity index (χ0v) is 15.0. The smallest absolute Gasteiger partial charge is 0.257 e. The van der Waals surface area contributed by atoms with Gasteiger partial charge in [0.15, 0.2) is 0 Å². The Morgan fingerprint density at radius 1 is 1.21 bits per heavy atom. The summed E-state index contributed by atoms with van der Waals surface area (Å²) < 4.78 is 2.02. The third kappa shape index (κ3) is 2.89. The lowest BCUT2D eigenvalue weighted by atomic mass is 10.1. The minimum atomic E-state index is 0.168. The normalized spacial score (nSPS) is 20.0. The van der Waals surface area contributed by atoms with Crippen molar-refractivity contribution in [3.05, 3.63) is 39.8 Å². The molecule has 4 rings (SSSR count). The number of hydrogen-bond donors (Lipinski definition) is 0. The molecule has 5 nitrogen and oxygen atoms in total. The predicted molar refractivity (Wildman–Crippen MR) is 95.4 cm³/mol. The highest BCUT2D eigenvalue weighted by atomic mass is 32.1. The number of fused-ring (bicyclic) bond motifs is 1. The molecule has 0 unspecified atom stereocenters. The number of rotatable bonds is 3. The van der Waals surface area contributed by atoms with Gasteiger partial charge in [0.2, 0.25) is 0 Å². The van der Waals surface area contributed by atoms with Crippen LogP contribution in [0.1, 0.15) is 47.4 Å². The van der Waals surface area contributed by atoms with Crippen molar-refractivity contribution < 1.29 is 4.79 Å². The van der Waals surface area contributed by atoms with Crippen LogP contribution < -0.4 is 0 Å². The zero-order chi connectivity index (χ0) is 16.5. The van der Waals surface area contributed by atoms with Crippen LogP contribution in [0.25, 0.3) is 0 Å². The van der Waals surface area contributed by atoms with Crippen LogP contribution in [-0.4, -0.2) is 51.7 Å². The highest BCUT2D eigenvalue weighted by Crippen LogP contribution is 2.25. The third-order valence-electron chi connectivity index (χ3n) is 5.39. The molecule has 0 saturated carbocycles. The van der Waals surface area contributed by atoms with Crippen LogP contribution in [-0.2, 0) is 13.0 Å². The van der Waals surface area contributed by atoms with Crippen LogP contribution in [0.3, 0.4) is 0 Å². The monoisotopic (exact) mass is 344 g/mol. The second kappa shape index (κ2) is 6.69. The maximum Gasteiger partial charge on any atom is 0.257 e. The van der Waals surface area contributed by atoms with Crippen molar-refractivity contribution in [1.29, 1.82) is 0 Å². The summed E-state index contributed by atoms with van der Waals surface area (Å²) in [5.41, 5.74) is 3.35. The molecule has 128 valence electrons. The number of nitrogens with zero attached hydrogens (tertiary/aromatic N) is 4. The van der Waals surface area contributed by atoms with E-state index in [0.717, 1.165) is 56.8 Å². The maximum atomic E-state index is 12.9. The van der Waals surface area contributed by atoms with Crippen molar-refractivity contribution in [2.45, 2.75) is 38.8 Å². The largest absolute Gasteiger partial charge is 0.336 e. The van der Waals surface area contributed by atoms with Crippen molar-refractivity contribution >= 4 is 17.2 Å². The molecular weight excluding hydrogens is 320 g/mol. The average molecular weight is 344 g/mol. The van der Waals surface area contributed by atoms with Gasteiger partial charge in [0, 0.05) is 38.8 Å². The van der Waals surface area contributed by atoms with E-state index in [4.69, 9.17) is 0 Å². The summed E-state index contributed by atoms with van der Waals surface area (Å²) in [4.78, 5) is 17.4. The van der Waals surface area contributed by atoms with Crippen LogP contribution in [0.15, 0.2) is 23.0 Å². The second-order valence-corrected chi connectivity index (χ2v) is 7.53. The fourth-order valence-corrected chi connectivity index (χ4v) is 4.55. The Bertz CT molecular complexity index is 701. The van der Waals surface area contributed by atoms with E-state index in [1.54, 1.807) is 17.5 Å². The molecule has 4 heterocycles. The molecule has 1 amide bonds. The van der Waals surface area contributed by atoms with E-state index in [9.17, 15) is 4.79 Å². The first-order chi connectivity index (χ1) is 11.7. The Hall–Kier alpha value is -1.66. The van der Waals surface area contributed by atoms with Crippen molar-refractivity contribution in [3.63, 3.8) is 0 Å². The molecule has 1 atom stereocenters. The van der Waals surface area contributed by atoms with Gasteiger partial charge in [-0.05, 0) is 48.6 Å². The Kier molecular flexibility index (Phi) is 4.41. The molecule has 2 aliphatic heterocycles.